The average molecular weight is 267 g/mol. The monoisotopic (exact) mass is 266 g/mol. The van der Waals surface area contributed by atoms with Crippen LogP contribution in [-0.2, 0) is 37.2 Å². The maximum Gasteiger partial charge on any atom is 4.00 e. The summed E-state index contributed by atoms with van der Waals surface area (Å²) in [5, 5.41) is 0. The van der Waals surface area contributed by atoms with Gasteiger partial charge in [-0.1, -0.05) is 0 Å². The minimum absolute atomic E-state index is 0. The Morgan fingerprint density at radius 3 is 0.273 bits per heavy atom. The summed E-state index contributed by atoms with van der Waals surface area (Å²) in [5.41, 5.74) is 0. The van der Waals surface area contributed by atoms with Crippen molar-refractivity contribution in [1.82, 2.24) is 0 Å². The molecule has 10 nitrogen and oxygen atoms in total. The van der Waals surface area contributed by atoms with Crippen molar-refractivity contribution in [3.05, 3.63) is 0 Å². The van der Waals surface area contributed by atoms with Crippen LogP contribution >= 0.6 is 0 Å². The van der Waals surface area contributed by atoms with Crippen molar-refractivity contribution in [3.8, 4) is 0 Å². The molecule has 0 bridgehead atoms. The normalized spacial score (nSPS) is 0. The van der Waals surface area contributed by atoms with Crippen LogP contribution in [0, 0.1) is 0 Å². The van der Waals surface area contributed by atoms with Gasteiger partial charge in [0.1, 0.15) is 0 Å². The Hall–Kier alpha value is 0.483. The molecule has 0 rings (SSSR count). The van der Waals surface area contributed by atoms with Crippen LogP contribution in [0.1, 0.15) is 0 Å². The second-order valence-corrected chi connectivity index (χ2v) is 0. The van der Waals surface area contributed by atoms with E-state index in [0.717, 1.165) is 0 Å². The van der Waals surface area contributed by atoms with Gasteiger partial charge in [0.15, 0.2) is 0 Å². The van der Waals surface area contributed by atoms with E-state index in [0.29, 0.717) is 0 Å². The van der Waals surface area contributed by atoms with E-state index in [1.54, 1.807) is 0 Å². The van der Waals surface area contributed by atoms with E-state index in [1.165, 1.54) is 0 Å². The molecule has 0 unspecified atom stereocenters. The van der Waals surface area contributed by atoms with Crippen molar-refractivity contribution in [2.24, 2.45) is 0 Å². The molecule has 16 N–H and O–H groups in total. The molecule has 0 aromatic carbocycles. The summed E-state index contributed by atoms with van der Waals surface area (Å²) < 4.78 is 0. The molecule has 0 aliphatic rings. The van der Waals surface area contributed by atoms with Gasteiger partial charge in [-0.2, -0.15) is 0 Å². The molecule has 0 amide bonds. The van der Waals surface area contributed by atoms with E-state index in [1.807, 2.05) is 0 Å². The summed E-state index contributed by atoms with van der Waals surface area (Å²) in [6.07, 6.45) is 0. The van der Waals surface area contributed by atoms with E-state index in [2.05, 4.69) is 0 Å². The van der Waals surface area contributed by atoms with E-state index < -0.39 is 0 Å². The predicted molar refractivity (Wildman–Crippen MR) is 30.3 cm³/mol. The molecule has 0 radical (unpaired) electrons. The molecule has 0 aliphatic carbocycles. The van der Waals surface area contributed by atoms with E-state index >= 15 is 0 Å². The number of rotatable bonds is 0. The van der Waals surface area contributed by atoms with Crippen molar-refractivity contribution < 1.29 is 81.0 Å². The summed E-state index contributed by atoms with van der Waals surface area (Å²) >= 11 is 0. The maximum absolute atomic E-state index is 0. The van der Waals surface area contributed by atoms with Crippen molar-refractivity contribution >= 4 is 0 Å². The molecule has 0 aromatic heterocycles. The van der Waals surface area contributed by atoms with Crippen molar-refractivity contribution in [2.75, 3.05) is 0 Å². The van der Waals surface area contributed by atoms with Crippen molar-refractivity contribution in [3.63, 3.8) is 0 Å². The van der Waals surface area contributed by atoms with Gasteiger partial charge in [-0.05, 0) is 0 Å². The zero-order valence-corrected chi connectivity index (χ0v) is 7.77. The number of hydrogen-bond donors (Lipinski definition) is 0. The molecule has 80 valence electrons. The maximum atomic E-state index is 0. The van der Waals surface area contributed by atoms with E-state index in [4.69, 9.17) is 0 Å². The third-order valence-corrected chi connectivity index (χ3v) is 0. The Kier molecular flexibility index (Phi) is 1990000. The fraction of sp³-hybridized carbons (Fsp3) is 0. The molecule has 11 heavy (non-hydrogen) atoms. The first-order chi connectivity index (χ1) is 0. The van der Waals surface area contributed by atoms with Crippen LogP contribution in [-0.4, -0.2) is 43.8 Å². The van der Waals surface area contributed by atoms with Gasteiger partial charge in [0.05, 0.1) is 0 Å². The van der Waals surface area contributed by atoms with Gasteiger partial charge in [0, 0.05) is 0 Å². The van der Waals surface area contributed by atoms with Crippen LogP contribution in [0.25, 0.3) is 0 Å². The molecule has 0 saturated carbocycles. The van der Waals surface area contributed by atoms with E-state index in [9.17, 15) is 0 Å². The van der Waals surface area contributed by atoms with Crippen LogP contribution < -0.4 is 0 Å². The Morgan fingerprint density at radius 2 is 0.273 bits per heavy atom. The molecule has 0 aromatic rings. The first-order valence-corrected chi connectivity index (χ1v) is 0. The van der Waals surface area contributed by atoms with Gasteiger partial charge in [0.2, 0.25) is 0 Å². The van der Waals surface area contributed by atoms with Crippen LogP contribution in [0.5, 0.6) is 0 Å². The Labute approximate surface area is 81.4 Å². The number of hydrogen-bond acceptors (Lipinski definition) is 0. The van der Waals surface area contributed by atoms with Gasteiger partial charge in [-0.15, -0.1) is 0 Å². The second-order valence-electron chi connectivity index (χ2n) is 0. The summed E-state index contributed by atoms with van der Waals surface area (Å²) in [7, 11) is 0. The standard InChI is InChI=1S/8H2O.2O.Zr/h8*1H2;;;/q;;;;;;;;2*-2;+4. The Balaban J connectivity index is 0. The smallest absolute Gasteiger partial charge is 2.00 e. The van der Waals surface area contributed by atoms with Gasteiger partial charge >= 0.3 is 26.2 Å². The molecular formula is H16O10Zr. The summed E-state index contributed by atoms with van der Waals surface area (Å²) in [5.74, 6) is 0. The van der Waals surface area contributed by atoms with Crippen LogP contribution in [0.3, 0.4) is 0 Å². The Bertz CT molecular complexity index is 4.83. The van der Waals surface area contributed by atoms with Gasteiger partial charge < -0.3 is 54.8 Å². The van der Waals surface area contributed by atoms with E-state index in [-0.39, 0.29) is 81.0 Å². The summed E-state index contributed by atoms with van der Waals surface area (Å²) in [4.78, 5) is 0. The molecule has 0 aliphatic heterocycles. The third kappa shape index (κ3) is 3230. The summed E-state index contributed by atoms with van der Waals surface area (Å²) in [6.45, 7) is 0. The van der Waals surface area contributed by atoms with Crippen molar-refractivity contribution in [2.45, 2.75) is 0 Å². The molecule has 0 spiro atoms. The van der Waals surface area contributed by atoms with Crippen LogP contribution in [0.4, 0.5) is 0 Å². The van der Waals surface area contributed by atoms with Gasteiger partial charge in [0.25, 0.3) is 0 Å². The first-order valence-electron chi connectivity index (χ1n) is 0. The largest absolute Gasteiger partial charge is 4.00 e. The molecular weight excluding hydrogens is 251 g/mol. The molecule has 11 heteroatoms. The summed E-state index contributed by atoms with van der Waals surface area (Å²) in [6, 6.07) is 0. The van der Waals surface area contributed by atoms with Crippen LogP contribution in [0.15, 0.2) is 0 Å². The predicted octanol–water partition coefficient (Wildman–Crippen LogP) is -6.84. The fourth-order valence-electron chi connectivity index (χ4n) is 0. The minimum atomic E-state index is 0. The van der Waals surface area contributed by atoms with Gasteiger partial charge in [-0.25, -0.2) is 0 Å². The zero-order chi connectivity index (χ0) is 0. The fourth-order valence-corrected chi connectivity index (χ4v) is 0. The minimum Gasteiger partial charge on any atom is -2.00 e. The third-order valence-electron chi connectivity index (χ3n) is 0. The van der Waals surface area contributed by atoms with Crippen molar-refractivity contribution in [1.29, 1.82) is 0 Å². The quantitative estimate of drug-likeness (QED) is 0.394. The second kappa shape index (κ2) is 4040. The van der Waals surface area contributed by atoms with Crippen LogP contribution in [0.2, 0.25) is 0 Å². The SMILES string of the molecule is O.O.O.O.O.O.O.O.[O-2].[O-2].[Zr+4]. The molecule has 0 atom stereocenters. The van der Waals surface area contributed by atoms with Gasteiger partial charge in [-0.3, -0.25) is 0 Å². The topological polar surface area (TPSA) is 309 Å². The molecule has 0 fully saturated rings. The molecule has 0 saturated heterocycles. The molecule has 0 heterocycles. The zero-order valence-electron chi connectivity index (χ0n) is 5.32. The average Bonchev–Trinajstić information content (AvgIpc) is 0. The first kappa shape index (κ1) is 5410. The Morgan fingerprint density at radius 1 is 0.273 bits per heavy atom.